The van der Waals surface area contributed by atoms with E-state index < -0.39 is 33.7 Å². The Kier molecular flexibility index (Phi) is 6.20. The highest BCUT2D eigenvalue weighted by Gasteiger charge is 2.30. The molecule has 0 bridgehead atoms. The van der Waals surface area contributed by atoms with Gasteiger partial charge < -0.3 is 15.2 Å². The van der Waals surface area contributed by atoms with Crippen molar-refractivity contribution in [3.8, 4) is 0 Å². The molecule has 1 N–H and O–H groups in total. The molecule has 2 atom stereocenters. The van der Waals surface area contributed by atoms with E-state index in [2.05, 4.69) is 12.2 Å². The maximum atomic E-state index is 12.8. The Morgan fingerprint density at radius 2 is 1.61 bits per heavy atom. The number of hydrogen-bond acceptors (Lipinski definition) is 5. The predicted molar refractivity (Wildman–Crippen MR) is 103 cm³/mol. The van der Waals surface area contributed by atoms with Crippen molar-refractivity contribution in [2.45, 2.75) is 37.5 Å². The molecular weight excluding hydrogens is 380 g/mol. The van der Waals surface area contributed by atoms with Crippen LogP contribution in [0.3, 0.4) is 0 Å². The summed E-state index contributed by atoms with van der Waals surface area (Å²) in [6.45, 7) is 3.15. The number of sulfonamides is 1. The fourth-order valence-corrected chi connectivity index (χ4v) is 5.15. The van der Waals surface area contributed by atoms with Gasteiger partial charge in [-0.25, -0.2) is 8.42 Å². The SMILES string of the molecule is CC1CCN(S(=O)(=O)c2ccc(NC(=O)[C@@H]3CC=CC[C@H]3C(=O)[O-])cc2)CC1. The number of amides is 1. The number of carboxylic acid groups (broad SMARTS) is 1. The van der Waals surface area contributed by atoms with Crippen LogP contribution in [0, 0.1) is 17.8 Å². The summed E-state index contributed by atoms with van der Waals surface area (Å²) in [5.74, 6) is -2.66. The lowest BCUT2D eigenvalue weighted by Gasteiger charge is -2.29. The number of anilines is 1. The van der Waals surface area contributed by atoms with Gasteiger partial charge in [-0.3, -0.25) is 4.79 Å². The van der Waals surface area contributed by atoms with Crippen molar-refractivity contribution in [2.24, 2.45) is 17.8 Å². The fraction of sp³-hybridized carbons (Fsp3) is 0.500. The van der Waals surface area contributed by atoms with Gasteiger partial charge in [0.25, 0.3) is 0 Å². The van der Waals surface area contributed by atoms with Crippen LogP contribution in [-0.4, -0.2) is 37.7 Å². The second-order valence-corrected chi connectivity index (χ2v) is 9.51. The van der Waals surface area contributed by atoms with Gasteiger partial charge in [0, 0.05) is 30.7 Å². The van der Waals surface area contributed by atoms with E-state index in [0.29, 0.717) is 31.1 Å². The number of piperidine rings is 1. The van der Waals surface area contributed by atoms with E-state index in [1.54, 1.807) is 12.2 Å². The maximum Gasteiger partial charge on any atom is 0.243 e. The van der Waals surface area contributed by atoms with Gasteiger partial charge in [-0.1, -0.05) is 19.1 Å². The molecule has 0 radical (unpaired) electrons. The topological polar surface area (TPSA) is 107 Å². The zero-order chi connectivity index (χ0) is 20.3. The van der Waals surface area contributed by atoms with Gasteiger partial charge in [0.2, 0.25) is 15.9 Å². The van der Waals surface area contributed by atoms with Crippen LogP contribution in [0.4, 0.5) is 5.69 Å². The predicted octanol–water partition coefficient (Wildman–Crippen LogP) is 1.38. The highest BCUT2D eigenvalue weighted by atomic mass is 32.2. The van der Waals surface area contributed by atoms with E-state index in [-0.39, 0.29) is 11.3 Å². The minimum atomic E-state index is -3.55. The summed E-state index contributed by atoms with van der Waals surface area (Å²) in [4.78, 5) is 23.9. The van der Waals surface area contributed by atoms with Crippen molar-refractivity contribution in [1.29, 1.82) is 0 Å². The van der Waals surface area contributed by atoms with E-state index in [1.807, 2.05) is 0 Å². The molecule has 1 saturated heterocycles. The molecule has 1 amide bonds. The molecule has 1 aromatic rings. The Morgan fingerprint density at radius 1 is 1.04 bits per heavy atom. The summed E-state index contributed by atoms with van der Waals surface area (Å²) in [7, 11) is -3.55. The van der Waals surface area contributed by atoms with Crippen LogP contribution >= 0.6 is 0 Å². The molecule has 0 unspecified atom stereocenters. The van der Waals surface area contributed by atoms with Crippen LogP contribution in [0.1, 0.15) is 32.6 Å². The van der Waals surface area contributed by atoms with Crippen molar-refractivity contribution in [3.05, 3.63) is 36.4 Å². The van der Waals surface area contributed by atoms with Crippen LogP contribution in [0.25, 0.3) is 0 Å². The van der Waals surface area contributed by atoms with E-state index in [0.717, 1.165) is 12.8 Å². The van der Waals surface area contributed by atoms with Crippen LogP contribution in [-0.2, 0) is 19.6 Å². The zero-order valence-corrected chi connectivity index (χ0v) is 16.7. The number of aliphatic carboxylic acids is 1. The molecule has 1 aliphatic carbocycles. The standard InChI is InChI=1S/C20H26N2O5S/c1-14-10-12-22(13-11-14)28(26,27)16-8-6-15(7-9-16)21-19(23)17-4-2-3-5-18(17)20(24)25/h2-3,6-9,14,17-18H,4-5,10-13H2,1H3,(H,21,23)(H,24,25)/p-1/t17-,18-/m1/s1. The number of benzene rings is 1. The summed E-state index contributed by atoms with van der Waals surface area (Å²) >= 11 is 0. The molecule has 1 heterocycles. The second kappa shape index (κ2) is 8.45. The lowest BCUT2D eigenvalue weighted by molar-refractivity contribution is -0.313. The van der Waals surface area contributed by atoms with Gasteiger partial charge >= 0.3 is 0 Å². The Hall–Kier alpha value is -2.19. The van der Waals surface area contributed by atoms with Gasteiger partial charge in [0.05, 0.1) is 10.8 Å². The summed E-state index contributed by atoms with van der Waals surface area (Å²) < 4.78 is 27.0. The molecule has 7 nitrogen and oxygen atoms in total. The molecule has 0 aromatic heterocycles. The number of hydrogen-bond donors (Lipinski definition) is 1. The average molecular weight is 405 g/mol. The largest absolute Gasteiger partial charge is 0.550 e. The first-order valence-corrected chi connectivity index (χ1v) is 11.0. The smallest absolute Gasteiger partial charge is 0.243 e. The Labute approximate surface area is 165 Å². The Morgan fingerprint density at radius 3 is 2.18 bits per heavy atom. The van der Waals surface area contributed by atoms with Crippen molar-refractivity contribution < 1.29 is 23.1 Å². The number of nitrogens with one attached hydrogen (secondary N) is 1. The van der Waals surface area contributed by atoms with Crippen LogP contribution in [0.5, 0.6) is 0 Å². The summed E-state index contributed by atoms with van der Waals surface area (Å²) in [6.07, 6.45) is 5.84. The second-order valence-electron chi connectivity index (χ2n) is 7.58. The van der Waals surface area contributed by atoms with E-state index in [9.17, 15) is 23.1 Å². The third kappa shape index (κ3) is 4.44. The normalized spacial score (nSPS) is 24.0. The van der Waals surface area contributed by atoms with Crippen LogP contribution in [0.2, 0.25) is 0 Å². The monoisotopic (exact) mass is 405 g/mol. The number of carbonyl (C=O) groups is 2. The van der Waals surface area contributed by atoms with Gasteiger partial charge in [0.15, 0.2) is 0 Å². The first-order chi connectivity index (χ1) is 13.3. The molecule has 2 aliphatic rings. The molecule has 1 aromatic carbocycles. The molecular formula is C20H25N2O5S-. The molecule has 0 spiro atoms. The lowest BCUT2D eigenvalue weighted by atomic mass is 9.82. The Balaban J connectivity index is 1.68. The van der Waals surface area contributed by atoms with Gasteiger partial charge in [0.1, 0.15) is 0 Å². The first kappa shape index (κ1) is 20.5. The number of allylic oxidation sites excluding steroid dienone is 2. The Bertz CT molecular complexity index is 855. The van der Waals surface area contributed by atoms with Crippen molar-refractivity contribution in [3.63, 3.8) is 0 Å². The highest BCUT2D eigenvalue weighted by Crippen LogP contribution is 2.28. The number of carboxylic acids is 1. The van der Waals surface area contributed by atoms with Gasteiger partial charge in [-0.05, 0) is 55.9 Å². The minimum Gasteiger partial charge on any atom is -0.550 e. The molecule has 1 fully saturated rings. The van der Waals surface area contributed by atoms with Crippen molar-refractivity contribution in [2.75, 3.05) is 18.4 Å². The minimum absolute atomic E-state index is 0.188. The molecule has 3 rings (SSSR count). The first-order valence-electron chi connectivity index (χ1n) is 9.56. The molecule has 0 saturated carbocycles. The molecule has 28 heavy (non-hydrogen) atoms. The van der Waals surface area contributed by atoms with E-state index >= 15 is 0 Å². The molecule has 8 heteroatoms. The van der Waals surface area contributed by atoms with Crippen molar-refractivity contribution in [1.82, 2.24) is 4.31 Å². The third-order valence-electron chi connectivity index (χ3n) is 5.57. The highest BCUT2D eigenvalue weighted by molar-refractivity contribution is 7.89. The fourth-order valence-electron chi connectivity index (χ4n) is 3.68. The van der Waals surface area contributed by atoms with Gasteiger partial charge in [-0.2, -0.15) is 4.31 Å². The van der Waals surface area contributed by atoms with E-state index in [4.69, 9.17) is 0 Å². The van der Waals surface area contributed by atoms with Crippen LogP contribution in [0.15, 0.2) is 41.3 Å². The quantitative estimate of drug-likeness (QED) is 0.745. The van der Waals surface area contributed by atoms with Crippen LogP contribution < -0.4 is 10.4 Å². The number of nitrogens with zero attached hydrogens (tertiary/aromatic N) is 1. The summed E-state index contributed by atoms with van der Waals surface area (Å²) in [5.41, 5.74) is 0.433. The maximum absolute atomic E-state index is 12.8. The molecule has 152 valence electrons. The van der Waals surface area contributed by atoms with E-state index in [1.165, 1.54) is 28.6 Å². The molecule has 1 aliphatic heterocycles. The zero-order valence-electron chi connectivity index (χ0n) is 15.8. The lowest BCUT2D eigenvalue weighted by Crippen LogP contribution is -2.41. The summed E-state index contributed by atoms with van der Waals surface area (Å²) in [5, 5.41) is 13.9. The summed E-state index contributed by atoms with van der Waals surface area (Å²) in [6, 6.07) is 6.01. The average Bonchev–Trinajstić information content (AvgIpc) is 2.68. The van der Waals surface area contributed by atoms with Gasteiger partial charge in [-0.15, -0.1) is 0 Å². The number of carbonyl (C=O) groups excluding carboxylic acids is 2. The van der Waals surface area contributed by atoms with Crippen molar-refractivity contribution >= 4 is 27.6 Å². The third-order valence-corrected chi connectivity index (χ3v) is 7.49. The number of rotatable bonds is 5.